The molecule has 0 bridgehead atoms. The Morgan fingerprint density at radius 3 is 2.88 bits per heavy atom. The zero-order valence-corrected chi connectivity index (χ0v) is 15.8. The molecule has 0 aliphatic carbocycles. The number of nitrogens with zero attached hydrogens (tertiary/aromatic N) is 3. The second-order valence-corrected chi connectivity index (χ2v) is 7.37. The van der Waals surface area contributed by atoms with Crippen LogP contribution < -0.4 is 4.90 Å². The molecule has 0 N–H and O–H groups in total. The maximum atomic E-state index is 12.9. The molecule has 0 atom stereocenters. The molecule has 1 amide bonds. The van der Waals surface area contributed by atoms with Crippen LogP contribution in [0.2, 0.25) is 5.02 Å². The second kappa shape index (κ2) is 8.03. The van der Waals surface area contributed by atoms with Crippen LogP contribution in [-0.4, -0.2) is 56.2 Å². The molecular weight excluding hydrogens is 362 g/mol. The van der Waals surface area contributed by atoms with Crippen molar-refractivity contribution in [2.45, 2.75) is 6.42 Å². The summed E-state index contributed by atoms with van der Waals surface area (Å²) in [5.41, 5.74) is 0.824. The van der Waals surface area contributed by atoms with Crippen LogP contribution in [0.25, 0.3) is 10.2 Å². The second-order valence-electron chi connectivity index (χ2n) is 5.92. The number of carbonyl (C=O) groups is 1. The number of hydrogen-bond acceptors (Lipinski definition) is 6. The SMILES string of the molecule is CN(C)CCCN(C(=O)C1=COCCO1)c1nc2ccc(Cl)cc2s1. The van der Waals surface area contributed by atoms with Crippen molar-refractivity contribution in [3.05, 3.63) is 35.2 Å². The van der Waals surface area contributed by atoms with E-state index in [1.54, 1.807) is 11.0 Å². The molecule has 1 aromatic carbocycles. The molecule has 2 heterocycles. The van der Waals surface area contributed by atoms with Crippen molar-refractivity contribution < 1.29 is 14.3 Å². The average Bonchev–Trinajstić information content (AvgIpc) is 3.01. The van der Waals surface area contributed by atoms with E-state index in [-0.39, 0.29) is 11.7 Å². The highest BCUT2D eigenvalue weighted by Crippen LogP contribution is 2.31. The summed E-state index contributed by atoms with van der Waals surface area (Å²) in [5, 5.41) is 1.29. The lowest BCUT2D eigenvalue weighted by molar-refractivity contribution is -0.119. The summed E-state index contributed by atoms with van der Waals surface area (Å²) in [4.78, 5) is 21.2. The number of rotatable bonds is 6. The highest BCUT2D eigenvalue weighted by atomic mass is 35.5. The Labute approximate surface area is 155 Å². The molecule has 0 saturated carbocycles. The molecular formula is C17H20ClN3O3S. The van der Waals surface area contributed by atoms with E-state index in [1.165, 1.54) is 17.6 Å². The van der Waals surface area contributed by atoms with Gasteiger partial charge < -0.3 is 14.4 Å². The van der Waals surface area contributed by atoms with Crippen LogP contribution in [0.1, 0.15) is 6.42 Å². The Balaban J connectivity index is 1.88. The van der Waals surface area contributed by atoms with E-state index in [0.29, 0.717) is 29.9 Å². The number of ether oxygens (including phenoxy) is 2. The lowest BCUT2D eigenvalue weighted by atomic mass is 10.3. The minimum absolute atomic E-state index is 0.216. The quantitative estimate of drug-likeness (QED) is 0.769. The lowest BCUT2D eigenvalue weighted by Gasteiger charge is -2.23. The summed E-state index contributed by atoms with van der Waals surface area (Å²) in [5.74, 6) is -0.0167. The zero-order chi connectivity index (χ0) is 17.8. The minimum Gasteiger partial charge on any atom is -0.494 e. The number of thiazole rings is 1. The third-order valence-electron chi connectivity index (χ3n) is 3.66. The fourth-order valence-electron chi connectivity index (χ4n) is 2.44. The van der Waals surface area contributed by atoms with Crippen molar-refractivity contribution in [2.24, 2.45) is 0 Å². The van der Waals surface area contributed by atoms with Crippen LogP contribution in [-0.2, 0) is 14.3 Å². The summed E-state index contributed by atoms with van der Waals surface area (Å²) >= 11 is 7.50. The van der Waals surface area contributed by atoms with Crippen molar-refractivity contribution >= 4 is 44.2 Å². The first-order chi connectivity index (χ1) is 12.0. The van der Waals surface area contributed by atoms with Crippen LogP contribution in [0, 0.1) is 0 Å². The number of halogens is 1. The topological polar surface area (TPSA) is 54.9 Å². The highest BCUT2D eigenvalue weighted by molar-refractivity contribution is 7.22. The summed E-state index contributed by atoms with van der Waals surface area (Å²) in [6.07, 6.45) is 2.21. The van der Waals surface area contributed by atoms with Crippen molar-refractivity contribution in [2.75, 3.05) is 45.3 Å². The Kier molecular flexibility index (Phi) is 5.78. The molecule has 0 fully saturated rings. The Hall–Kier alpha value is -1.83. The van der Waals surface area contributed by atoms with Gasteiger partial charge in [-0.3, -0.25) is 9.69 Å². The van der Waals surface area contributed by atoms with Crippen molar-refractivity contribution in [1.29, 1.82) is 0 Å². The number of benzene rings is 1. The maximum Gasteiger partial charge on any atom is 0.298 e. The van der Waals surface area contributed by atoms with E-state index in [4.69, 9.17) is 21.1 Å². The summed E-state index contributed by atoms with van der Waals surface area (Å²) in [7, 11) is 4.01. The van der Waals surface area contributed by atoms with Crippen molar-refractivity contribution in [3.8, 4) is 0 Å². The van der Waals surface area contributed by atoms with Gasteiger partial charge in [0.15, 0.2) is 5.13 Å². The first kappa shape index (κ1) is 18.0. The largest absolute Gasteiger partial charge is 0.494 e. The Bertz CT molecular complexity index is 791. The van der Waals surface area contributed by atoms with Crippen LogP contribution in [0.3, 0.4) is 0 Å². The van der Waals surface area contributed by atoms with Gasteiger partial charge in [-0.2, -0.15) is 0 Å². The molecule has 134 valence electrons. The molecule has 0 radical (unpaired) electrons. The van der Waals surface area contributed by atoms with Gasteiger partial charge in [0, 0.05) is 11.6 Å². The van der Waals surface area contributed by atoms with Gasteiger partial charge in [-0.05, 0) is 45.3 Å². The molecule has 1 aliphatic rings. The van der Waals surface area contributed by atoms with Gasteiger partial charge in [-0.15, -0.1) is 0 Å². The lowest BCUT2D eigenvalue weighted by Crippen LogP contribution is -2.36. The van der Waals surface area contributed by atoms with E-state index >= 15 is 0 Å². The number of amides is 1. The van der Waals surface area contributed by atoms with Crippen LogP contribution >= 0.6 is 22.9 Å². The van der Waals surface area contributed by atoms with Crippen LogP contribution in [0.4, 0.5) is 5.13 Å². The summed E-state index contributed by atoms with van der Waals surface area (Å²) in [6.45, 7) is 2.25. The Morgan fingerprint density at radius 2 is 2.16 bits per heavy atom. The van der Waals surface area contributed by atoms with E-state index in [0.717, 1.165) is 23.2 Å². The monoisotopic (exact) mass is 381 g/mol. The number of aromatic nitrogens is 1. The van der Waals surface area contributed by atoms with E-state index in [9.17, 15) is 4.79 Å². The third-order valence-corrected chi connectivity index (χ3v) is 4.94. The molecule has 2 aromatic rings. The number of anilines is 1. The Morgan fingerprint density at radius 1 is 1.32 bits per heavy atom. The van der Waals surface area contributed by atoms with Crippen LogP contribution in [0.5, 0.6) is 0 Å². The maximum absolute atomic E-state index is 12.9. The predicted octanol–water partition coefficient (Wildman–Crippen LogP) is 3.12. The van der Waals surface area contributed by atoms with Gasteiger partial charge >= 0.3 is 0 Å². The molecule has 1 aliphatic heterocycles. The summed E-state index contributed by atoms with van der Waals surface area (Å²) < 4.78 is 11.6. The average molecular weight is 382 g/mol. The molecule has 25 heavy (non-hydrogen) atoms. The molecule has 0 saturated heterocycles. The van der Waals surface area contributed by atoms with E-state index in [1.807, 2.05) is 26.2 Å². The molecule has 1 aromatic heterocycles. The fraction of sp³-hybridized carbons (Fsp3) is 0.412. The van der Waals surface area contributed by atoms with Crippen LogP contribution in [0.15, 0.2) is 30.2 Å². The van der Waals surface area contributed by atoms with E-state index in [2.05, 4.69) is 9.88 Å². The number of fused-ring (bicyclic) bond motifs is 1. The zero-order valence-electron chi connectivity index (χ0n) is 14.2. The molecule has 6 nitrogen and oxygen atoms in total. The molecule has 8 heteroatoms. The smallest absolute Gasteiger partial charge is 0.298 e. The fourth-order valence-corrected chi connectivity index (χ4v) is 3.71. The summed E-state index contributed by atoms with van der Waals surface area (Å²) in [6, 6.07) is 5.52. The third kappa shape index (κ3) is 4.42. The number of carbonyl (C=O) groups excluding carboxylic acids is 1. The minimum atomic E-state index is -0.233. The van der Waals surface area contributed by atoms with Gasteiger partial charge in [-0.1, -0.05) is 22.9 Å². The van der Waals surface area contributed by atoms with Gasteiger partial charge in [0.25, 0.3) is 5.91 Å². The van der Waals surface area contributed by atoms with Gasteiger partial charge in [0.2, 0.25) is 5.76 Å². The molecule has 0 unspecified atom stereocenters. The van der Waals surface area contributed by atoms with Gasteiger partial charge in [0.1, 0.15) is 19.5 Å². The molecule has 3 rings (SSSR count). The standard InChI is InChI=1S/C17H20ClN3O3S/c1-20(2)6-3-7-21(16(22)14-11-23-8-9-24-14)17-19-13-5-4-12(18)10-15(13)25-17/h4-5,10-11H,3,6-9H2,1-2H3. The predicted molar refractivity (Wildman–Crippen MR) is 100 cm³/mol. The first-order valence-electron chi connectivity index (χ1n) is 8.02. The van der Waals surface area contributed by atoms with Crippen molar-refractivity contribution in [3.63, 3.8) is 0 Å². The molecule has 0 spiro atoms. The first-order valence-corrected chi connectivity index (χ1v) is 9.21. The van der Waals surface area contributed by atoms with E-state index < -0.39 is 0 Å². The van der Waals surface area contributed by atoms with Gasteiger partial charge in [-0.25, -0.2) is 4.98 Å². The highest BCUT2D eigenvalue weighted by Gasteiger charge is 2.26. The van der Waals surface area contributed by atoms with Crippen molar-refractivity contribution in [1.82, 2.24) is 9.88 Å². The normalized spacial score (nSPS) is 14.2. The number of hydrogen-bond donors (Lipinski definition) is 0. The van der Waals surface area contributed by atoms with Gasteiger partial charge in [0.05, 0.1) is 10.2 Å².